The molecule has 168 valence electrons. The molecule has 0 fully saturated rings. The number of carbonyl (C=O) groups is 3. The lowest BCUT2D eigenvalue weighted by Gasteiger charge is -2.33. The number of nitrogens with zero attached hydrogens (tertiary/aromatic N) is 1. The van der Waals surface area contributed by atoms with E-state index in [4.69, 9.17) is 4.74 Å². The first kappa shape index (κ1) is 23.1. The number of benzene rings is 2. The number of anilines is 2. The molecule has 0 unspecified atom stereocenters. The molecule has 1 atom stereocenters. The summed E-state index contributed by atoms with van der Waals surface area (Å²) in [6.07, 6.45) is -4.92. The van der Waals surface area contributed by atoms with Crippen molar-refractivity contribution in [1.29, 1.82) is 0 Å². The minimum Gasteiger partial charge on any atom is -0.463 e. The van der Waals surface area contributed by atoms with Gasteiger partial charge >= 0.3 is 12.1 Å². The Hall–Kier alpha value is -3.62. The van der Waals surface area contributed by atoms with Crippen LogP contribution in [0.5, 0.6) is 0 Å². The summed E-state index contributed by atoms with van der Waals surface area (Å²) in [4.78, 5) is 39.9. The van der Waals surface area contributed by atoms with E-state index in [0.29, 0.717) is 5.69 Å². The number of halogens is 3. The lowest BCUT2D eigenvalue weighted by atomic mass is 9.88. The number of rotatable bonds is 5. The van der Waals surface area contributed by atoms with Gasteiger partial charge in [-0.2, -0.15) is 13.2 Å². The summed E-state index contributed by atoms with van der Waals surface area (Å²) in [6, 6.07) is 12.7. The van der Waals surface area contributed by atoms with Crippen LogP contribution in [0.15, 0.2) is 65.9 Å². The van der Waals surface area contributed by atoms with Gasteiger partial charge in [-0.1, -0.05) is 24.3 Å². The zero-order valence-corrected chi connectivity index (χ0v) is 17.4. The fourth-order valence-corrected chi connectivity index (χ4v) is 3.57. The lowest BCUT2D eigenvalue weighted by Crippen LogP contribution is -2.43. The predicted octanol–water partition coefficient (Wildman–Crippen LogP) is 4.53. The smallest absolute Gasteiger partial charge is 0.416 e. The number of amides is 2. The molecule has 2 amide bonds. The van der Waals surface area contributed by atoms with Crippen molar-refractivity contribution < 1.29 is 32.3 Å². The SMILES string of the molecule is CCOC(=O)C1=C(C)N(c2ccccc2)C(=O)C[C@H]1C(=O)Nc1cccc(C(F)(F)F)c1. The molecular formula is C23H21F3N2O4. The molecule has 32 heavy (non-hydrogen) atoms. The Labute approximate surface area is 182 Å². The number of hydrogen-bond acceptors (Lipinski definition) is 4. The first-order valence-electron chi connectivity index (χ1n) is 9.87. The average Bonchev–Trinajstić information content (AvgIpc) is 2.73. The van der Waals surface area contributed by atoms with Gasteiger partial charge in [0, 0.05) is 23.5 Å². The van der Waals surface area contributed by atoms with Crippen LogP contribution in [0, 0.1) is 5.92 Å². The highest BCUT2D eigenvalue weighted by Gasteiger charge is 2.40. The molecule has 0 aromatic heterocycles. The molecule has 2 aromatic carbocycles. The molecule has 1 N–H and O–H groups in total. The molecule has 9 heteroatoms. The van der Waals surface area contributed by atoms with Crippen LogP contribution in [0.4, 0.5) is 24.5 Å². The fraction of sp³-hybridized carbons (Fsp3) is 0.261. The van der Waals surface area contributed by atoms with Crippen molar-refractivity contribution in [2.45, 2.75) is 26.4 Å². The first-order chi connectivity index (χ1) is 15.1. The van der Waals surface area contributed by atoms with E-state index in [9.17, 15) is 27.6 Å². The maximum absolute atomic E-state index is 13.0. The second kappa shape index (κ2) is 9.25. The molecule has 0 bridgehead atoms. The van der Waals surface area contributed by atoms with Gasteiger partial charge in [0.25, 0.3) is 0 Å². The van der Waals surface area contributed by atoms with Crippen LogP contribution < -0.4 is 10.2 Å². The van der Waals surface area contributed by atoms with Gasteiger partial charge < -0.3 is 10.1 Å². The highest BCUT2D eigenvalue weighted by Crippen LogP contribution is 2.35. The van der Waals surface area contributed by atoms with Gasteiger partial charge in [-0.25, -0.2) is 4.79 Å². The Kier molecular flexibility index (Phi) is 6.67. The number of nitrogens with one attached hydrogen (secondary N) is 1. The van der Waals surface area contributed by atoms with E-state index in [-0.39, 0.29) is 30.0 Å². The van der Waals surface area contributed by atoms with Crippen molar-refractivity contribution in [1.82, 2.24) is 0 Å². The third kappa shape index (κ3) is 4.82. The van der Waals surface area contributed by atoms with E-state index in [1.807, 2.05) is 0 Å². The molecule has 0 saturated carbocycles. The largest absolute Gasteiger partial charge is 0.463 e. The molecular weight excluding hydrogens is 425 g/mol. The van der Waals surface area contributed by atoms with Crippen LogP contribution >= 0.6 is 0 Å². The zero-order chi connectivity index (χ0) is 23.5. The lowest BCUT2D eigenvalue weighted by molar-refractivity contribution is -0.141. The molecule has 1 aliphatic heterocycles. The molecule has 0 saturated heterocycles. The Morgan fingerprint density at radius 2 is 1.81 bits per heavy atom. The highest BCUT2D eigenvalue weighted by molar-refractivity contribution is 6.10. The van der Waals surface area contributed by atoms with Gasteiger partial charge in [-0.3, -0.25) is 14.5 Å². The van der Waals surface area contributed by atoms with Crippen LogP contribution in [0.25, 0.3) is 0 Å². The van der Waals surface area contributed by atoms with Crippen molar-refractivity contribution in [3.8, 4) is 0 Å². The number of allylic oxidation sites excluding steroid dienone is 1. The van der Waals surface area contributed by atoms with Gasteiger partial charge in [-0.05, 0) is 44.2 Å². The number of hydrogen-bond donors (Lipinski definition) is 1. The quantitative estimate of drug-likeness (QED) is 0.685. The maximum atomic E-state index is 13.0. The Morgan fingerprint density at radius 1 is 1.12 bits per heavy atom. The van der Waals surface area contributed by atoms with Crippen LogP contribution in [0.1, 0.15) is 25.8 Å². The zero-order valence-electron chi connectivity index (χ0n) is 17.4. The topological polar surface area (TPSA) is 75.7 Å². The van der Waals surface area contributed by atoms with E-state index in [2.05, 4.69) is 5.32 Å². The second-order valence-corrected chi connectivity index (χ2v) is 7.11. The van der Waals surface area contributed by atoms with Crippen molar-refractivity contribution in [3.05, 3.63) is 71.4 Å². The fourth-order valence-electron chi connectivity index (χ4n) is 3.57. The molecule has 0 radical (unpaired) electrons. The second-order valence-electron chi connectivity index (χ2n) is 7.11. The maximum Gasteiger partial charge on any atom is 0.416 e. The summed E-state index contributed by atoms with van der Waals surface area (Å²) in [6.45, 7) is 3.19. The van der Waals surface area contributed by atoms with Crippen molar-refractivity contribution >= 4 is 29.2 Å². The summed E-state index contributed by atoms with van der Waals surface area (Å²) in [5, 5.41) is 2.40. The molecule has 1 heterocycles. The van der Waals surface area contributed by atoms with E-state index in [1.54, 1.807) is 37.3 Å². The Bertz CT molecular complexity index is 1060. The number of ether oxygens (including phenoxy) is 1. The number of alkyl halides is 3. The summed E-state index contributed by atoms with van der Waals surface area (Å²) in [5.41, 5.74) is -0.283. The van der Waals surface area contributed by atoms with Gasteiger partial charge in [-0.15, -0.1) is 0 Å². The first-order valence-corrected chi connectivity index (χ1v) is 9.87. The molecule has 2 aromatic rings. The number of para-hydroxylation sites is 1. The summed E-state index contributed by atoms with van der Waals surface area (Å²) < 4.78 is 44.1. The van der Waals surface area contributed by atoms with Gasteiger partial charge in [0.05, 0.1) is 23.7 Å². The number of esters is 1. The Balaban J connectivity index is 1.97. The third-order valence-corrected chi connectivity index (χ3v) is 4.99. The van der Waals surface area contributed by atoms with Gasteiger partial charge in [0.1, 0.15) is 0 Å². The molecule has 6 nitrogen and oxygen atoms in total. The van der Waals surface area contributed by atoms with Crippen molar-refractivity contribution in [2.24, 2.45) is 5.92 Å². The normalized spacial score (nSPS) is 16.7. The van der Waals surface area contributed by atoms with Crippen molar-refractivity contribution in [2.75, 3.05) is 16.8 Å². The van der Waals surface area contributed by atoms with Crippen molar-refractivity contribution in [3.63, 3.8) is 0 Å². The monoisotopic (exact) mass is 446 g/mol. The Morgan fingerprint density at radius 3 is 2.44 bits per heavy atom. The molecule has 0 spiro atoms. The van der Waals surface area contributed by atoms with Crippen LogP contribution in [-0.4, -0.2) is 24.4 Å². The minimum absolute atomic E-state index is 0.0141. The highest BCUT2D eigenvalue weighted by atomic mass is 19.4. The molecule has 0 aliphatic carbocycles. The van der Waals surface area contributed by atoms with Gasteiger partial charge in [0.2, 0.25) is 11.8 Å². The molecule has 1 aliphatic rings. The number of carbonyl (C=O) groups excluding carboxylic acids is 3. The van der Waals surface area contributed by atoms with Crippen LogP contribution in [0.2, 0.25) is 0 Å². The van der Waals surface area contributed by atoms with E-state index < -0.39 is 35.4 Å². The van der Waals surface area contributed by atoms with E-state index in [1.165, 1.54) is 17.9 Å². The third-order valence-electron chi connectivity index (χ3n) is 4.99. The summed E-state index contributed by atoms with van der Waals surface area (Å²) in [7, 11) is 0. The standard InChI is InChI=1S/C23H21F3N2O4/c1-3-32-22(31)20-14(2)28(17-10-5-4-6-11-17)19(29)13-18(20)21(30)27-16-9-7-8-15(12-16)23(24,25)26/h4-12,18H,3,13H2,1-2H3,(H,27,30)/t18-/m1/s1. The van der Waals surface area contributed by atoms with Crippen LogP contribution in [-0.2, 0) is 25.3 Å². The minimum atomic E-state index is -4.58. The predicted molar refractivity (Wildman–Crippen MR) is 111 cm³/mol. The summed E-state index contributed by atoms with van der Waals surface area (Å²) >= 11 is 0. The van der Waals surface area contributed by atoms with Gasteiger partial charge in [0.15, 0.2) is 0 Å². The van der Waals surface area contributed by atoms with E-state index in [0.717, 1.165) is 18.2 Å². The molecule has 3 rings (SSSR count). The average molecular weight is 446 g/mol. The van der Waals surface area contributed by atoms with E-state index >= 15 is 0 Å². The van der Waals surface area contributed by atoms with Crippen LogP contribution in [0.3, 0.4) is 0 Å². The summed E-state index contributed by atoms with van der Waals surface area (Å²) in [5.74, 6) is -3.17.